The molecule has 1 aromatic heterocycles. The molecule has 0 fully saturated rings. The Morgan fingerprint density at radius 1 is 1.19 bits per heavy atom. The normalized spacial score (nSPS) is 12.6. The largest absolute Gasteiger partial charge is 0.459 e. The molecular formula is C21H22N4O. The average molecular weight is 346 g/mol. The van der Waals surface area contributed by atoms with Crippen LogP contribution in [-0.4, -0.2) is 12.5 Å². The highest BCUT2D eigenvalue weighted by atomic mass is 16.3. The summed E-state index contributed by atoms with van der Waals surface area (Å²) in [4.78, 5) is 4.63. The van der Waals surface area contributed by atoms with Gasteiger partial charge >= 0.3 is 0 Å². The lowest BCUT2D eigenvalue weighted by Gasteiger charge is -2.16. The van der Waals surface area contributed by atoms with Crippen LogP contribution in [0.2, 0.25) is 0 Å². The minimum absolute atomic E-state index is 0.0128. The van der Waals surface area contributed by atoms with E-state index in [4.69, 9.17) is 9.68 Å². The Labute approximate surface area is 153 Å². The lowest BCUT2D eigenvalue weighted by atomic mass is 10.1. The zero-order chi connectivity index (χ0) is 18.4. The molecule has 0 amide bonds. The molecule has 0 aliphatic rings. The molecule has 3 aromatic rings. The number of furan rings is 1. The maximum Gasteiger partial charge on any atom is 0.192 e. The van der Waals surface area contributed by atoms with Gasteiger partial charge in [-0.05, 0) is 43.7 Å². The Hall–Kier alpha value is -3.26. The number of aliphatic imine (C=N–C) groups is 1. The van der Waals surface area contributed by atoms with Gasteiger partial charge in [-0.15, -0.1) is 0 Å². The molecule has 0 saturated heterocycles. The second-order valence-electron chi connectivity index (χ2n) is 6.06. The summed E-state index contributed by atoms with van der Waals surface area (Å²) in [6, 6.07) is 19.6. The monoisotopic (exact) mass is 346 g/mol. The average Bonchev–Trinajstić information content (AvgIpc) is 3.11. The van der Waals surface area contributed by atoms with Crippen LogP contribution in [-0.2, 0) is 6.54 Å². The Kier molecular flexibility index (Phi) is 5.55. The molecule has 0 radical (unpaired) electrons. The Balaban J connectivity index is 1.71. The first kappa shape index (κ1) is 17.6. The van der Waals surface area contributed by atoms with E-state index in [-0.39, 0.29) is 6.04 Å². The minimum Gasteiger partial charge on any atom is -0.459 e. The molecule has 0 aliphatic carbocycles. The van der Waals surface area contributed by atoms with Crippen molar-refractivity contribution in [3.05, 3.63) is 71.5 Å². The number of hydrogen-bond donors (Lipinski definition) is 2. The second kappa shape index (κ2) is 8.21. The maximum absolute atomic E-state index is 8.87. The zero-order valence-electron chi connectivity index (χ0n) is 15.0. The van der Waals surface area contributed by atoms with Crippen LogP contribution in [0.5, 0.6) is 0 Å². The quantitative estimate of drug-likeness (QED) is 0.538. The van der Waals surface area contributed by atoms with Gasteiger partial charge in [0.05, 0.1) is 24.2 Å². The number of nitrogens with zero attached hydrogens (tertiary/aromatic N) is 2. The first-order chi connectivity index (χ1) is 12.7. The molecule has 3 rings (SSSR count). The SMILES string of the molecule is CCNC(=NCc1ccc(C#N)cc1)NC(C)c1cc2ccccc2o1. The van der Waals surface area contributed by atoms with Crippen LogP contribution in [0.3, 0.4) is 0 Å². The number of nitriles is 1. The molecule has 1 heterocycles. The fourth-order valence-electron chi connectivity index (χ4n) is 2.67. The molecule has 5 heteroatoms. The zero-order valence-corrected chi connectivity index (χ0v) is 15.0. The number of nitrogens with one attached hydrogen (secondary N) is 2. The molecule has 1 atom stereocenters. The number of benzene rings is 2. The molecule has 0 aliphatic heterocycles. The topological polar surface area (TPSA) is 73.3 Å². The van der Waals surface area contributed by atoms with Crippen molar-refractivity contribution in [2.75, 3.05) is 6.54 Å². The van der Waals surface area contributed by atoms with Crippen molar-refractivity contribution in [2.45, 2.75) is 26.4 Å². The van der Waals surface area contributed by atoms with Gasteiger partial charge in [0.1, 0.15) is 11.3 Å². The summed E-state index contributed by atoms with van der Waals surface area (Å²) in [5.74, 6) is 1.60. The summed E-state index contributed by atoms with van der Waals surface area (Å²) in [5.41, 5.74) is 2.59. The highest BCUT2D eigenvalue weighted by Gasteiger charge is 2.12. The molecule has 1 unspecified atom stereocenters. The first-order valence-electron chi connectivity index (χ1n) is 8.72. The van der Waals surface area contributed by atoms with E-state index in [2.05, 4.69) is 27.8 Å². The van der Waals surface area contributed by atoms with E-state index >= 15 is 0 Å². The summed E-state index contributed by atoms with van der Waals surface area (Å²) >= 11 is 0. The third-order valence-electron chi connectivity index (χ3n) is 4.07. The fourth-order valence-corrected chi connectivity index (χ4v) is 2.67. The summed E-state index contributed by atoms with van der Waals surface area (Å²) in [6.07, 6.45) is 0. The van der Waals surface area contributed by atoms with Crippen LogP contribution in [0, 0.1) is 11.3 Å². The van der Waals surface area contributed by atoms with Crippen molar-refractivity contribution in [3.8, 4) is 6.07 Å². The maximum atomic E-state index is 8.87. The van der Waals surface area contributed by atoms with Crippen molar-refractivity contribution in [1.82, 2.24) is 10.6 Å². The minimum atomic E-state index is -0.0128. The first-order valence-corrected chi connectivity index (χ1v) is 8.72. The predicted octanol–water partition coefficient (Wildman–Crippen LogP) is 4.12. The fraction of sp³-hybridized carbons (Fsp3) is 0.238. The lowest BCUT2D eigenvalue weighted by molar-refractivity contribution is 0.488. The number of rotatable bonds is 5. The van der Waals surface area contributed by atoms with Crippen molar-refractivity contribution < 1.29 is 4.42 Å². The van der Waals surface area contributed by atoms with E-state index in [1.165, 1.54) is 0 Å². The van der Waals surface area contributed by atoms with E-state index in [9.17, 15) is 0 Å². The standard InChI is InChI=1S/C21H22N4O/c1-3-23-21(24-14-17-10-8-16(13-22)9-11-17)25-15(2)20-12-18-6-4-5-7-19(18)26-20/h4-12,15H,3,14H2,1-2H3,(H2,23,24,25). The van der Waals surface area contributed by atoms with E-state index in [1.54, 1.807) is 0 Å². The van der Waals surface area contributed by atoms with Crippen LogP contribution in [0.15, 0.2) is 64.0 Å². The van der Waals surface area contributed by atoms with Crippen molar-refractivity contribution >= 4 is 16.9 Å². The molecule has 2 N–H and O–H groups in total. The molecule has 0 spiro atoms. The third kappa shape index (κ3) is 4.22. The molecule has 132 valence electrons. The highest BCUT2D eigenvalue weighted by Crippen LogP contribution is 2.23. The van der Waals surface area contributed by atoms with Crippen molar-refractivity contribution in [3.63, 3.8) is 0 Å². The molecule has 2 aromatic carbocycles. The van der Waals surface area contributed by atoms with Crippen LogP contribution in [0.1, 0.15) is 36.8 Å². The van der Waals surface area contributed by atoms with Gasteiger partial charge in [-0.3, -0.25) is 0 Å². The Morgan fingerprint density at radius 3 is 2.65 bits per heavy atom. The summed E-state index contributed by atoms with van der Waals surface area (Å²) < 4.78 is 5.92. The number of para-hydroxylation sites is 1. The number of hydrogen-bond acceptors (Lipinski definition) is 3. The predicted molar refractivity (Wildman–Crippen MR) is 104 cm³/mol. The van der Waals surface area contributed by atoms with Gasteiger partial charge in [-0.1, -0.05) is 30.3 Å². The van der Waals surface area contributed by atoms with Gasteiger partial charge < -0.3 is 15.1 Å². The van der Waals surface area contributed by atoms with Crippen molar-refractivity contribution in [1.29, 1.82) is 5.26 Å². The molecular weight excluding hydrogens is 324 g/mol. The third-order valence-corrected chi connectivity index (χ3v) is 4.07. The van der Waals surface area contributed by atoms with Gasteiger partial charge in [0.2, 0.25) is 0 Å². The van der Waals surface area contributed by atoms with Gasteiger partial charge in [-0.2, -0.15) is 5.26 Å². The Bertz CT molecular complexity index is 902. The molecule has 0 saturated carbocycles. The van der Waals surface area contributed by atoms with Crippen LogP contribution in [0.25, 0.3) is 11.0 Å². The van der Waals surface area contributed by atoms with Gasteiger partial charge in [0.25, 0.3) is 0 Å². The number of guanidine groups is 1. The second-order valence-corrected chi connectivity index (χ2v) is 6.06. The lowest BCUT2D eigenvalue weighted by Crippen LogP contribution is -2.38. The molecule has 5 nitrogen and oxygen atoms in total. The van der Waals surface area contributed by atoms with E-state index in [1.807, 2.05) is 62.4 Å². The summed E-state index contributed by atoms with van der Waals surface area (Å²) in [7, 11) is 0. The van der Waals surface area contributed by atoms with Crippen molar-refractivity contribution in [2.24, 2.45) is 4.99 Å². The van der Waals surface area contributed by atoms with E-state index < -0.39 is 0 Å². The summed E-state index contributed by atoms with van der Waals surface area (Å²) in [6.45, 7) is 5.39. The van der Waals surface area contributed by atoms with E-state index in [0.29, 0.717) is 12.1 Å². The van der Waals surface area contributed by atoms with E-state index in [0.717, 1.165) is 34.8 Å². The number of fused-ring (bicyclic) bond motifs is 1. The highest BCUT2D eigenvalue weighted by molar-refractivity contribution is 5.81. The smallest absolute Gasteiger partial charge is 0.192 e. The van der Waals surface area contributed by atoms with Gasteiger partial charge in [0.15, 0.2) is 5.96 Å². The van der Waals surface area contributed by atoms with Crippen LogP contribution < -0.4 is 10.6 Å². The van der Waals surface area contributed by atoms with Gasteiger partial charge in [0, 0.05) is 11.9 Å². The van der Waals surface area contributed by atoms with Gasteiger partial charge in [-0.25, -0.2) is 4.99 Å². The summed E-state index contributed by atoms with van der Waals surface area (Å²) in [5, 5.41) is 16.6. The van der Waals surface area contributed by atoms with Crippen LogP contribution in [0.4, 0.5) is 0 Å². The molecule has 26 heavy (non-hydrogen) atoms. The Morgan fingerprint density at radius 2 is 1.96 bits per heavy atom. The van der Waals surface area contributed by atoms with Crippen LogP contribution >= 0.6 is 0 Å². The molecule has 0 bridgehead atoms.